The zero-order valence-electron chi connectivity index (χ0n) is 12.5. The van der Waals surface area contributed by atoms with Gasteiger partial charge in [-0.15, -0.1) is 0 Å². The van der Waals surface area contributed by atoms with E-state index in [1.165, 1.54) is 0 Å². The molecular formula is C14H28N2O4. The zero-order chi connectivity index (χ0) is 15.1. The van der Waals surface area contributed by atoms with Crippen molar-refractivity contribution in [1.82, 2.24) is 10.2 Å². The van der Waals surface area contributed by atoms with Gasteiger partial charge in [0.05, 0.1) is 24.9 Å². The summed E-state index contributed by atoms with van der Waals surface area (Å²) in [4.78, 5) is 13.1. The van der Waals surface area contributed by atoms with Crippen molar-refractivity contribution >= 4 is 5.91 Å². The molecule has 0 radical (unpaired) electrons. The molecule has 1 amide bonds. The molecule has 1 aliphatic heterocycles. The van der Waals surface area contributed by atoms with Gasteiger partial charge in [-0.05, 0) is 25.3 Å². The normalized spacial score (nSPS) is 31.2. The number of nitrogens with one attached hydrogen (secondary N) is 1. The van der Waals surface area contributed by atoms with Crippen molar-refractivity contribution in [3.8, 4) is 0 Å². The van der Waals surface area contributed by atoms with Crippen LogP contribution in [0, 0.1) is 5.92 Å². The van der Waals surface area contributed by atoms with Crippen molar-refractivity contribution in [3.05, 3.63) is 0 Å². The second-order valence-corrected chi connectivity index (χ2v) is 5.69. The number of hydrogen-bond donors (Lipinski definition) is 4. The first-order chi connectivity index (χ1) is 9.51. The third-order valence-corrected chi connectivity index (χ3v) is 4.13. The van der Waals surface area contributed by atoms with Gasteiger partial charge in [-0.2, -0.15) is 0 Å². The lowest BCUT2D eigenvalue weighted by molar-refractivity contribution is -0.120. The van der Waals surface area contributed by atoms with E-state index in [0.29, 0.717) is 13.0 Å². The van der Waals surface area contributed by atoms with E-state index in [1.54, 1.807) is 7.05 Å². The van der Waals surface area contributed by atoms with Crippen molar-refractivity contribution in [2.45, 2.75) is 50.9 Å². The van der Waals surface area contributed by atoms with Gasteiger partial charge in [0, 0.05) is 20.0 Å². The highest BCUT2D eigenvalue weighted by atomic mass is 16.3. The molecule has 0 aromatic heterocycles. The number of aliphatic hydroxyl groups excluding tert-OH is 3. The molecule has 20 heavy (non-hydrogen) atoms. The number of hydrogen-bond acceptors (Lipinski definition) is 5. The Morgan fingerprint density at radius 2 is 1.95 bits per heavy atom. The minimum atomic E-state index is -0.894. The molecule has 0 saturated carbocycles. The highest BCUT2D eigenvalue weighted by Gasteiger charge is 2.39. The number of rotatable bonds is 7. The van der Waals surface area contributed by atoms with Crippen LogP contribution in [0.15, 0.2) is 0 Å². The number of amides is 1. The topological polar surface area (TPSA) is 93.0 Å². The van der Waals surface area contributed by atoms with Crippen molar-refractivity contribution in [2.24, 2.45) is 5.92 Å². The second kappa shape index (κ2) is 8.56. The first-order valence-electron chi connectivity index (χ1n) is 7.42. The summed E-state index contributed by atoms with van der Waals surface area (Å²) in [5.41, 5.74) is 0. The van der Waals surface area contributed by atoms with Crippen LogP contribution in [0.2, 0.25) is 0 Å². The Bertz CT molecular complexity index is 301. The lowest BCUT2D eigenvalue weighted by atomic mass is 9.88. The van der Waals surface area contributed by atoms with Crippen LogP contribution in [0.5, 0.6) is 0 Å². The van der Waals surface area contributed by atoms with Crippen LogP contribution in [0.25, 0.3) is 0 Å². The summed E-state index contributed by atoms with van der Waals surface area (Å²) in [6.07, 6.45) is 1.58. The molecule has 1 heterocycles. The lowest BCUT2D eigenvalue weighted by Gasteiger charge is -2.44. The minimum Gasteiger partial charge on any atom is -0.395 e. The summed E-state index contributed by atoms with van der Waals surface area (Å²) >= 11 is 0. The van der Waals surface area contributed by atoms with Gasteiger partial charge in [0.25, 0.3) is 0 Å². The summed E-state index contributed by atoms with van der Waals surface area (Å²) in [5, 5.41) is 31.8. The lowest BCUT2D eigenvalue weighted by Crippen LogP contribution is -2.59. The van der Waals surface area contributed by atoms with E-state index < -0.39 is 12.2 Å². The number of nitrogens with zero attached hydrogens (tertiary/aromatic N) is 1. The average Bonchev–Trinajstić information content (AvgIpc) is 2.44. The van der Waals surface area contributed by atoms with Gasteiger partial charge in [-0.1, -0.05) is 13.3 Å². The number of piperidine rings is 1. The van der Waals surface area contributed by atoms with E-state index in [2.05, 4.69) is 5.32 Å². The summed E-state index contributed by atoms with van der Waals surface area (Å²) in [5.74, 6) is 0.0574. The Labute approximate surface area is 120 Å². The Morgan fingerprint density at radius 3 is 2.55 bits per heavy atom. The molecular weight excluding hydrogens is 260 g/mol. The number of carbonyl (C=O) groups excluding carboxylic acids is 1. The molecule has 1 fully saturated rings. The maximum absolute atomic E-state index is 11.1. The van der Waals surface area contributed by atoms with Crippen molar-refractivity contribution in [1.29, 1.82) is 0 Å². The molecule has 1 aliphatic rings. The highest BCUT2D eigenvalue weighted by Crippen LogP contribution is 2.23. The Kier molecular flexibility index (Phi) is 7.43. The summed E-state index contributed by atoms with van der Waals surface area (Å²) in [6, 6.07) is -0.389. The SMILES string of the molecule is CNC(=O)CCCCCN1C[C@H](C)[C@@H](O)[C@@H](O)[C@H]1CO. The third-order valence-electron chi connectivity index (χ3n) is 4.13. The molecule has 0 unspecified atom stereocenters. The monoisotopic (exact) mass is 288 g/mol. The Morgan fingerprint density at radius 1 is 1.25 bits per heavy atom. The molecule has 0 spiro atoms. The fraction of sp³-hybridized carbons (Fsp3) is 0.929. The van der Waals surface area contributed by atoms with Gasteiger partial charge in [-0.3, -0.25) is 9.69 Å². The molecule has 118 valence electrons. The van der Waals surface area contributed by atoms with Crippen LogP contribution < -0.4 is 5.32 Å². The van der Waals surface area contributed by atoms with Crippen LogP contribution in [0.3, 0.4) is 0 Å². The molecule has 4 atom stereocenters. The van der Waals surface area contributed by atoms with E-state index in [1.807, 2.05) is 11.8 Å². The average molecular weight is 288 g/mol. The van der Waals surface area contributed by atoms with Crippen LogP contribution in [-0.2, 0) is 4.79 Å². The summed E-state index contributed by atoms with van der Waals surface area (Å²) in [7, 11) is 1.63. The van der Waals surface area contributed by atoms with E-state index in [9.17, 15) is 20.1 Å². The van der Waals surface area contributed by atoms with E-state index in [4.69, 9.17) is 0 Å². The Hall–Kier alpha value is -0.690. The molecule has 1 saturated heterocycles. The number of likely N-dealkylation sites (tertiary alicyclic amines) is 1. The molecule has 0 bridgehead atoms. The number of unbranched alkanes of at least 4 members (excludes halogenated alkanes) is 2. The summed E-state index contributed by atoms with van der Waals surface area (Å²) < 4.78 is 0. The number of carbonyl (C=O) groups is 1. The highest BCUT2D eigenvalue weighted by molar-refractivity contribution is 5.75. The van der Waals surface area contributed by atoms with Gasteiger partial charge >= 0.3 is 0 Å². The van der Waals surface area contributed by atoms with Crippen LogP contribution >= 0.6 is 0 Å². The molecule has 1 rings (SSSR count). The predicted molar refractivity (Wildman–Crippen MR) is 76.2 cm³/mol. The van der Waals surface area contributed by atoms with E-state index in [0.717, 1.165) is 25.8 Å². The van der Waals surface area contributed by atoms with E-state index >= 15 is 0 Å². The molecule has 0 aromatic rings. The first-order valence-corrected chi connectivity index (χ1v) is 7.42. The molecule has 0 aliphatic carbocycles. The molecule has 6 heteroatoms. The fourth-order valence-corrected chi connectivity index (χ4v) is 2.78. The quantitative estimate of drug-likeness (QED) is 0.466. The van der Waals surface area contributed by atoms with Crippen LogP contribution in [0.1, 0.15) is 32.6 Å². The molecule has 0 aromatic carbocycles. The van der Waals surface area contributed by atoms with Crippen molar-refractivity contribution in [3.63, 3.8) is 0 Å². The van der Waals surface area contributed by atoms with Crippen molar-refractivity contribution in [2.75, 3.05) is 26.7 Å². The summed E-state index contributed by atoms with van der Waals surface area (Å²) in [6.45, 7) is 3.20. The predicted octanol–water partition coefficient (Wildman–Crippen LogP) is -0.673. The van der Waals surface area contributed by atoms with Gasteiger partial charge in [0.15, 0.2) is 0 Å². The third kappa shape index (κ3) is 4.70. The smallest absolute Gasteiger partial charge is 0.219 e. The Balaban J connectivity index is 2.32. The van der Waals surface area contributed by atoms with Gasteiger partial charge in [0.2, 0.25) is 5.91 Å². The largest absolute Gasteiger partial charge is 0.395 e. The van der Waals surface area contributed by atoms with Crippen molar-refractivity contribution < 1.29 is 20.1 Å². The van der Waals surface area contributed by atoms with Crippen LogP contribution in [-0.4, -0.2) is 71.1 Å². The zero-order valence-corrected chi connectivity index (χ0v) is 12.5. The molecule has 4 N–H and O–H groups in total. The molecule has 6 nitrogen and oxygen atoms in total. The van der Waals surface area contributed by atoms with Crippen LogP contribution in [0.4, 0.5) is 0 Å². The second-order valence-electron chi connectivity index (χ2n) is 5.69. The number of aliphatic hydroxyl groups is 3. The first kappa shape index (κ1) is 17.4. The maximum atomic E-state index is 11.1. The fourth-order valence-electron chi connectivity index (χ4n) is 2.78. The van der Waals surface area contributed by atoms with Gasteiger partial charge in [-0.25, -0.2) is 0 Å². The van der Waals surface area contributed by atoms with Gasteiger partial charge in [0.1, 0.15) is 0 Å². The standard InChI is InChI=1S/C14H28N2O4/c1-10-8-16(11(9-17)14(20)13(10)19)7-5-3-4-6-12(18)15-2/h10-11,13-14,17,19-20H,3-9H2,1-2H3,(H,15,18)/t10-,11+,13+,14-/m0/s1. The maximum Gasteiger partial charge on any atom is 0.219 e. The minimum absolute atomic E-state index is 0.00123. The van der Waals surface area contributed by atoms with Gasteiger partial charge < -0.3 is 20.6 Å². The van der Waals surface area contributed by atoms with E-state index in [-0.39, 0.29) is 24.5 Å².